The Morgan fingerprint density at radius 1 is 1.33 bits per heavy atom. The van der Waals surface area contributed by atoms with Gasteiger partial charge >= 0.3 is 0 Å². The Kier molecular flexibility index (Phi) is 6.60. The van der Waals surface area contributed by atoms with Crippen LogP contribution in [0.1, 0.15) is 39.5 Å². The maximum absolute atomic E-state index is 11.4. The summed E-state index contributed by atoms with van der Waals surface area (Å²) in [6.07, 6.45) is 4.43. The molecule has 3 N–H and O–H groups in total. The molecule has 1 amide bonds. The zero-order valence-electron chi connectivity index (χ0n) is 11.5. The number of carbonyl (C=O) groups excluding carboxylic acids is 1. The smallest absolute Gasteiger partial charge is 0.239 e. The summed E-state index contributed by atoms with van der Waals surface area (Å²) in [4.78, 5) is 11.4. The molecule has 1 fully saturated rings. The molecule has 0 saturated heterocycles. The van der Waals surface area contributed by atoms with Crippen molar-refractivity contribution < 1.29 is 14.3 Å². The molecule has 0 bridgehead atoms. The minimum absolute atomic E-state index is 0.302. The van der Waals surface area contributed by atoms with Crippen molar-refractivity contribution in [2.45, 2.75) is 51.1 Å². The zero-order valence-corrected chi connectivity index (χ0v) is 11.5. The van der Waals surface area contributed by atoms with Gasteiger partial charge in [0.05, 0.1) is 19.8 Å². The van der Waals surface area contributed by atoms with E-state index in [-0.39, 0.29) is 5.91 Å². The molecule has 0 spiro atoms. The molecule has 5 heteroatoms. The van der Waals surface area contributed by atoms with Crippen LogP contribution in [0.25, 0.3) is 0 Å². The normalized spacial score (nSPS) is 18.6. The molecule has 0 aromatic rings. The summed E-state index contributed by atoms with van der Waals surface area (Å²) in [5.74, 6) is -0.360. The summed E-state index contributed by atoms with van der Waals surface area (Å²) in [7, 11) is 0. The molecule has 0 aliphatic heterocycles. The Balaban J connectivity index is 2.11. The summed E-state index contributed by atoms with van der Waals surface area (Å²) in [6, 6.07) is 0.423. The summed E-state index contributed by atoms with van der Waals surface area (Å²) in [5.41, 5.74) is 4.66. The third-order valence-corrected chi connectivity index (χ3v) is 3.05. The Bertz CT molecular complexity index is 257. The molecule has 5 nitrogen and oxygen atoms in total. The van der Waals surface area contributed by atoms with Gasteiger partial charge in [0.25, 0.3) is 0 Å². The number of nitrogens with one attached hydrogen (secondary N) is 1. The van der Waals surface area contributed by atoms with Gasteiger partial charge in [-0.15, -0.1) is 0 Å². The van der Waals surface area contributed by atoms with Crippen molar-refractivity contribution in [3.63, 3.8) is 0 Å². The molecule has 1 aliphatic rings. The molecular formula is C13H26N2O3. The maximum Gasteiger partial charge on any atom is 0.239 e. The SMILES string of the molecule is CCCCOCCOCC(C)(NC1CC1)C(N)=O. The van der Waals surface area contributed by atoms with Crippen LogP contribution in [-0.4, -0.2) is 43.9 Å². The molecule has 1 atom stereocenters. The number of hydrogen-bond donors (Lipinski definition) is 2. The lowest BCUT2D eigenvalue weighted by atomic mass is 10.0. The highest BCUT2D eigenvalue weighted by atomic mass is 16.5. The molecule has 106 valence electrons. The number of carbonyl (C=O) groups is 1. The minimum Gasteiger partial charge on any atom is -0.379 e. The van der Waals surface area contributed by atoms with Crippen LogP contribution in [0.2, 0.25) is 0 Å². The van der Waals surface area contributed by atoms with E-state index in [1.807, 2.05) is 0 Å². The van der Waals surface area contributed by atoms with Gasteiger partial charge in [-0.3, -0.25) is 10.1 Å². The fourth-order valence-corrected chi connectivity index (χ4v) is 1.60. The number of unbranched alkanes of at least 4 members (excludes halogenated alkanes) is 1. The van der Waals surface area contributed by atoms with Gasteiger partial charge < -0.3 is 15.2 Å². The summed E-state index contributed by atoms with van der Waals surface area (Å²) < 4.78 is 10.9. The van der Waals surface area contributed by atoms with Gasteiger partial charge in [-0.05, 0) is 26.2 Å². The first-order valence-corrected chi connectivity index (χ1v) is 6.81. The number of amides is 1. The number of primary amides is 1. The van der Waals surface area contributed by atoms with Crippen molar-refractivity contribution in [3.8, 4) is 0 Å². The number of ether oxygens (including phenoxy) is 2. The van der Waals surface area contributed by atoms with Gasteiger partial charge in [0, 0.05) is 12.6 Å². The van der Waals surface area contributed by atoms with Gasteiger partial charge in [0.1, 0.15) is 5.54 Å². The number of hydrogen-bond acceptors (Lipinski definition) is 4. The molecule has 1 unspecified atom stereocenters. The van der Waals surface area contributed by atoms with Crippen molar-refractivity contribution in [1.29, 1.82) is 0 Å². The summed E-state index contributed by atoms with van der Waals surface area (Å²) >= 11 is 0. The molecule has 1 saturated carbocycles. The highest BCUT2D eigenvalue weighted by molar-refractivity contribution is 5.84. The monoisotopic (exact) mass is 258 g/mol. The Morgan fingerprint density at radius 3 is 2.56 bits per heavy atom. The molecule has 0 radical (unpaired) electrons. The molecule has 0 heterocycles. The van der Waals surface area contributed by atoms with Gasteiger partial charge in [0.2, 0.25) is 5.91 Å². The first kappa shape index (κ1) is 15.4. The van der Waals surface area contributed by atoms with E-state index in [1.165, 1.54) is 0 Å². The predicted molar refractivity (Wildman–Crippen MR) is 70.3 cm³/mol. The molecule has 0 aromatic heterocycles. The second-order valence-corrected chi connectivity index (χ2v) is 5.13. The van der Waals surface area contributed by atoms with E-state index in [4.69, 9.17) is 15.2 Å². The third kappa shape index (κ3) is 5.80. The van der Waals surface area contributed by atoms with Crippen LogP contribution >= 0.6 is 0 Å². The van der Waals surface area contributed by atoms with Crippen LogP contribution in [0.3, 0.4) is 0 Å². The fourth-order valence-electron chi connectivity index (χ4n) is 1.60. The van der Waals surface area contributed by atoms with Gasteiger partial charge in [-0.25, -0.2) is 0 Å². The second-order valence-electron chi connectivity index (χ2n) is 5.13. The van der Waals surface area contributed by atoms with Crippen molar-refractivity contribution >= 4 is 5.91 Å². The quantitative estimate of drug-likeness (QED) is 0.538. The lowest BCUT2D eigenvalue weighted by molar-refractivity contribution is -0.126. The van der Waals surface area contributed by atoms with Crippen LogP contribution in [-0.2, 0) is 14.3 Å². The van der Waals surface area contributed by atoms with E-state index >= 15 is 0 Å². The minimum atomic E-state index is -0.759. The van der Waals surface area contributed by atoms with Gasteiger partial charge in [0.15, 0.2) is 0 Å². The van der Waals surface area contributed by atoms with Crippen LogP contribution in [0.5, 0.6) is 0 Å². The number of nitrogens with two attached hydrogens (primary N) is 1. The first-order valence-electron chi connectivity index (χ1n) is 6.81. The van der Waals surface area contributed by atoms with Crippen LogP contribution in [0.15, 0.2) is 0 Å². The topological polar surface area (TPSA) is 73.6 Å². The van der Waals surface area contributed by atoms with Crippen LogP contribution in [0.4, 0.5) is 0 Å². The van der Waals surface area contributed by atoms with E-state index in [0.29, 0.717) is 25.9 Å². The molecular weight excluding hydrogens is 232 g/mol. The summed E-state index contributed by atoms with van der Waals surface area (Å²) in [5, 5.41) is 3.24. The van der Waals surface area contributed by atoms with E-state index in [1.54, 1.807) is 6.92 Å². The molecule has 1 rings (SSSR count). The van der Waals surface area contributed by atoms with Crippen molar-refractivity contribution in [3.05, 3.63) is 0 Å². The van der Waals surface area contributed by atoms with E-state index in [0.717, 1.165) is 32.3 Å². The lowest BCUT2D eigenvalue weighted by Crippen LogP contribution is -2.57. The Morgan fingerprint density at radius 2 is 2.00 bits per heavy atom. The second kappa shape index (κ2) is 7.71. The maximum atomic E-state index is 11.4. The largest absolute Gasteiger partial charge is 0.379 e. The average Bonchev–Trinajstić information content (AvgIpc) is 3.11. The highest BCUT2D eigenvalue weighted by Crippen LogP contribution is 2.22. The van der Waals surface area contributed by atoms with Gasteiger partial charge in [-0.2, -0.15) is 0 Å². The molecule has 0 aromatic carbocycles. The molecule has 18 heavy (non-hydrogen) atoms. The van der Waals surface area contributed by atoms with E-state index in [9.17, 15) is 4.79 Å². The first-order chi connectivity index (χ1) is 8.58. The summed E-state index contributed by atoms with van der Waals surface area (Å²) in [6.45, 7) is 6.06. The lowest BCUT2D eigenvalue weighted by Gasteiger charge is -2.27. The van der Waals surface area contributed by atoms with Crippen molar-refractivity contribution in [2.75, 3.05) is 26.4 Å². The molecule has 1 aliphatic carbocycles. The number of rotatable bonds is 11. The van der Waals surface area contributed by atoms with E-state index < -0.39 is 5.54 Å². The fraction of sp³-hybridized carbons (Fsp3) is 0.923. The Labute approximate surface area is 109 Å². The predicted octanol–water partition coefficient (Wildman–Crippen LogP) is 0.816. The Hall–Kier alpha value is -0.650. The van der Waals surface area contributed by atoms with Crippen LogP contribution in [0, 0.1) is 0 Å². The van der Waals surface area contributed by atoms with Crippen molar-refractivity contribution in [1.82, 2.24) is 5.32 Å². The highest BCUT2D eigenvalue weighted by Gasteiger charge is 2.37. The van der Waals surface area contributed by atoms with Crippen molar-refractivity contribution in [2.24, 2.45) is 5.73 Å². The standard InChI is InChI=1S/C13H26N2O3/c1-3-4-7-17-8-9-18-10-13(2,12(14)16)15-11-5-6-11/h11,15H,3-10H2,1-2H3,(H2,14,16). The average molecular weight is 258 g/mol. The third-order valence-electron chi connectivity index (χ3n) is 3.05. The van der Waals surface area contributed by atoms with Gasteiger partial charge in [-0.1, -0.05) is 13.3 Å². The van der Waals surface area contributed by atoms with Crippen LogP contribution < -0.4 is 11.1 Å². The van der Waals surface area contributed by atoms with E-state index in [2.05, 4.69) is 12.2 Å². The zero-order chi connectivity index (χ0) is 13.4.